The zero-order valence-electron chi connectivity index (χ0n) is 9.17. The Kier molecular flexibility index (Phi) is 2.85. The predicted octanol–water partition coefficient (Wildman–Crippen LogP) is 1.45. The number of nitrogens with one attached hydrogen (secondary N) is 1. The van der Waals surface area contributed by atoms with Crippen LogP contribution in [-0.2, 0) is 9.84 Å². The van der Waals surface area contributed by atoms with Crippen LogP contribution in [0.15, 0.2) is 52.3 Å². The normalized spacial score (nSPS) is 11.4. The van der Waals surface area contributed by atoms with Gasteiger partial charge in [0, 0.05) is 30.3 Å². The number of rotatable bonds is 2. The first kappa shape index (κ1) is 11.6. The van der Waals surface area contributed by atoms with E-state index in [0.29, 0.717) is 5.69 Å². The van der Waals surface area contributed by atoms with Crippen molar-refractivity contribution in [2.45, 2.75) is 4.90 Å². The number of H-pyrrole nitrogens is 1. The van der Waals surface area contributed by atoms with Crippen LogP contribution >= 0.6 is 0 Å². The summed E-state index contributed by atoms with van der Waals surface area (Å²) < 4.78 is 22.6. The van der Waals surface area contributed by atoms with E-state index in [0.717, 1.165) is 11.8 Å². The van der Waals surface area contributed by atoms with Crippen molar-refractivity contribution in [3.63, 3.8) is 0 Å². The van der Waals surface area contributed by atoms with Gasteiger partial charge in [0.1, 0.15) is 0 Å². The lowest BCUT2D eigenvalue weighted by Gasteiger charge is -2.02. The van der Waals surface area contributed by atoms with Crippen molar-refractivity contribution in [3.05, 3.63) is 52.8 Å². The van der Waals surface area contributed by atoms with Crippen molar-refractivity contribution in [2.75, 3.05) is 6.26 Å². The first-order valence-corrected chi connectivity index (χ1v) is 6.85. The van der Waals surface area contributed by atoms with E-state index in [4.69, 9.17) is 0 Å². The molecule has 17 heavy (non-hydrogen) atoms. The Balaban J connectivity index is 2.46. The molecule has 2 rings (SSSR count). The van der Waals surface area contributed by atoms with Crippen molar-refractivity contribution in [1.29, 1.82) is 0 Å². The van der Waals surface area contributed by atoms with Gasteiger partial charge in [-0.1, -0.05) is 12.1 Å². The molecule has 1 aromatic carbocycles. The molecule has 1 aromatic heterocycles. The third kappa shape index (κ3) is 2.62. The molecular weight excluding hydrogens is 238 g/mol. The summed E-state index contributed by atoms with van der Waals surface area (Å²) in [5.74, 6) is 0. The lowest BCUT2D eigenvalue weighted by atomic mass is 10.1. The van der Waals surface area contributed by atoms with Crippen LogP contribution in [0.1, 0.15) is 0 Å². The summed E-state index contributed by atoms with van der Waals surface area (Å²) in [7, 11) is -3.18. The topological polar surface area (TPSA) is 67.0 Å². The number of hydrogen-bond donors (Lipinski definition) is 1. The molecule has 0 radical (unpaired) electrons. The summed E-state index contributed by atoms with van der Waals surface area (Å²) in [6.07, 6.45) is 2.72. The maximum Gasteiger partial charge on any atom is 0.182 e. The highest BCUT2D eigenvalue weighted by atomic mass is 32.2. The second-order valence-corrected chi connectivity index (χ2v) is 5.75. The van der Waals surface area contributed by atoms with Crippen LogP contribution in [0.4, 0.5) is 0 Å². The van der Waals surface area contributed by atoms with Crippen LogP contribution in [0.5, 0.6) is 0 Å². The maximum absolute atomic E-state index is 11.3. The van der Waals surface area contributed by atoms with Gasteiger partial charge in [0.15, 0.2) is 15.3 Å². The molecule has 88 valence electrons. The van der Waals surface area contributed by atoms with E-state index < -0.39 is 9.84 Å². The van der Waals surface area contributed by atoms with Crippen molar-refractivity contribution < 1.29 is 8.42 Å². The zero-order chi connectivity index (χ0) is 12.5. The molecule has 0 bridgehead atoms. The SMILES string of the molecule is CS(=O)(=O)c1ccc(-c2cc(=O)cc[nH]2)cc1. The Morgan fingerprint density at radius 1 is 1.06 bits per heavy atom. The van der Waals surface area contributed by atoms with Gasteiger partial charge in [0.05, 0.1) is 4.90 Å². The number of aromatic nitrogens is 1. The second-order valence-electron chi connectivity index (χ2n) is 3.73. The van der Waals surface area contributed by atoms with Crippen LogP contribution in [-0.4, -0.2) is 19.7 Å². The summed E-state index contributed by atoms with van der Waals surface area (Å²) in [5.41, 5.74) is 1.35. The standard InChI is InChI=1S/C12H11NO3S/c1-17(15,16)11-4-2-9(3-5-11)12-8-10(14)6-7-13-12/h2-8H,1H3,(H,13,14). The Hall–Kier alpha value is -1.88. The van der Waals surface area contributed by atoms with Crippen molar-refractivity contribution in [3.8, 4) is 11.3 Å². The highest BCUT2D eigenvalue weighted by molar-refractivity contribution is 7.90. The quantitative estimate of drug-likeness (QED) is 0.875. The van der Waals surface area contributed by atoms with E-state index >= 15 is 0 Å². The molecule has 0 saturated heterocycles. The molecule has 0 unspecified atom stereocenters. The lowest BCUT2D eigenvalue weighted by Crippen LogP contribution is -1.99. The van der Waals surface area contributed by atoms with Crippen LogP contribution in [0.2, 0.25) is 0 Å². The Morgan fingerprint density at radius 3 is 2.24 bits per heavy atom. The largest absolute Gasteiger partial charge is 0.361 e. The van der Waals surface area contributed by atoms with Gasteiger partial charge in [0.25, 0.3) is 0 Å². The third-order valence-electron chi connectivity index (χ3n) is 2.37. The van der Waals surface area contributed by atoms with E-state index in [2.05, 4.69) is 4.98 Å². The van der Waals surface area contributed by atoms with Gasteiger partial charge in [0.2, 0.25) is 0 Å². The highest BCUT2D eigenvalue weighted by Gasteiger charge is 2.06. The molecule has 4 nitrogen and oxygen atoms in total. The lowest BCUT2D eigenvalue weighted by molar-refractivity contribution is 0.602. The molecule has 0 fully saturated rings. The van der Waals surface area contributed by atoms with Crippen molar-refractivity contribution in [2.24, 2.45) is 0 Å². The molecule has 0 atom stereocenters. The van der Waals surface area contributed by atoms with Gasteiger partial charge in [-0.15, -0.1) is 0 Å². The molecular formula is C12H11NO3S. The minimum absolute atomic E-state index is 0.0917. The highest BCUT2D eigenvalue weighted by Crippen LogP contribution is 2.17. The predicted molar refractivity (Wildman–Crippen MR) is 65.6 cm³/mol. The number of benzene rings is 1. The molecule has 1 N–H and O–H groups in total. The zero-order valence-corrected chi connectivity index (χ0v) is 9.99. The maximum atomic E-state index is 11.3. The number of hydrogen-bond acceptors (Lipinski definition) is 3. The fourth-order valence-electron chi connectivity index (χ4n) is 1.49. The summed E-state index contributed by atoms with van der Waals surface area (Å²) in [6.45, 7) is 0. The first-order chi connectivity index (χ1) is 7.97. The minimum Gasteiger partial charge on any atom is -0.361 e. The second kappa shape index (κ2) is 4.18. The molecule has 0 aliphatic heterocycles. The Bertz CT molecular complexity index is 684. The van der Waals surface area contributed by atoms with E-state index in [-0.39, 0.29) is 10.3 Å². The van der Waals surface area contributed by atoms with Gasteiger partial charge >= 0.3 is 0 Å². The molecule has 1 heterocycles. The Morgan fingerprint density at radius 2 is 1.71 bits per heavy atom. The van der Waals surface area contributed by atoms with Crippen molar-refractivity contribution >= 4 is 9.84 Å². The third-order valence-corrected chi connectivity index (χ3v) is 3.49. The molecule has 2 aromatic rings. The molecule has 5 heteroatoms. The van der Waals surface area contributed by atoms with Gasteiger partial charge in [-0.2, -0.15) is 0 Å². The molecule has 0 aliphatic carbocycles. The van der Waals surface area contributed by atoms with Crippen LogP contribution < -0.4 is 5.43 Å². The van der Waals surface area contributed by atoms with Gasteiger partial charge in [-0.3, -0.25) is 4.79 Å². The van der Waals surface area contributed by atoms with Gasteiger partial charge < -0.3 is 4.98 Å². The molecule has 0 spiro atoms. The average Bonchev–Trinajstić information content (AvgIpc) is 2.28. The summed E-state index contributed by atoms with van der Waals surface area (Å²) in [4.78, 5) is 14.4. The monoisotopic (exact) mass is 249 g/mol. The fraction of sp³-hybridized carbons (Fsp3) is 0.0833. The minimum atomic E-state index is -3.18. The average molecular weight is 249 g/mol. The summed E-state index contributed by atoms with van der Waals surface area (Å²) in [5, 5.41) is 0. The van der Waals surface area contributed by atoms with Crippen LogP contribution in [0.3, 0.4) is 0 Å². The van der Waals surface area contributed by atoms with E-state index in [9.17, 15) is 13.2 Å². The van der Waals surface area contributed by atoms with Crippen LogP contribution in [0.25, 0.3) is 11.3 Å². The van der Waals surface area contributed by atoms with Crippen LogP contribution in [0, 0.1) is 0 Å². The molecule has 0 aliphatic rings. The van der Waals surface area contributed by atoms with E-state index in [1.165, 1.54) is 24.3 Å². The van der Waals surface area contributed by atoms with Crippen molar-refractivity contribution in [1.82, 2.24) is 4.98 Å². The Labute approximate surface area is 98.9 Å². The number of aromatic amines is 1. The number of sulfone groups is 1. The van der Waals surface area contributed by atoms with E-state index in [1.807, 2.05) is 0 Å². The van der Waals surface area contributed by atoms with E-state index in [1.54, 1.807) is 18.3 Å². The summed E-state index contributed by atoms with van der Waals surface area (Å²) in [6, 6.07) is 9.28. The van der Waals surface area contributed by atoms with Gasteiger partial charge in [-0.25, -0.2) is 8.42 Å². The number of pyridine rings is 1. The molecule has 0 saturated carbocycles. The first-order valence-electron chi connectivity index (χ1n) is 4.96. The fourth-order valence-corrected chi connectivity index (χ4v) is 2.12. The molecule has 0 amide bonds. The smallest absolute Gasteiger partial charge is 0.182 e. The van der Waals surface area contributed by atoms with Gasteiger partial charge in [-0.05, 0) is 17.7 Å². The summed E-state index contributed by atoms with van der Waals surface area (Å²) >= 11 is 0.